The van der Waals surface area contributed by atoms with Gasteiger partial charge < -0.3 is 18.9 Å². The van der Waals surface area contributed by atoms with Gasteiger partial charge in [-0.2, -0.15) is 0 Å². The summed E-state index contributed by atoms with van der Waals surface area (Å²) in [5.74, 6) is 1.43. The normalized spacial score (nSPS) is 12.7. The Kier molecular flexibility index (Phi) is 17.2. The van der Waals surface area contributed by atoms with Gasteiger partial charge in [-0.15, -0.1) is 0 Å². The monoisotopic (exact) mass is 1460 g/mol. The molecule has 516 valence electrons. The molecule has 0 bridgehead atoms. The molecular weight excluding hydrogens is 1390 g/mol. The molecule has 0 aliphatic heterocycles. The fourth-order valence-corrected chi connectivity index (χ4v) is 16.0. The van der Waals surface area contributed by atoms with Gasteiger partial charge in [0.15, 0.2) is 11.6 Å². The van der Waals surface area contributed by atoms with Crippen molar-refractivity contribution < 1.29 is 18.9 Å². The lowest BCUT2D eigenvalue weighted by Gasteiger charge is -2.22. The highest BCUT2D eigenvalue weighted by Crippen LogP contribution is 2.52. The quantitative estimate of drug-likeness (QED) is 0.130. The van der Waals surface area contributed by atoms with Crippen molar-refractivity contribution in [1.82, 2.24) is 19.9 Å². The Bertz CT molecular complexity index is 6450. The summed E-state index contributed by atoms with van der Waals surface area (Å²) < 4.78 is 13.0. The van der Waals surface area contributed by atoms with Crippen LogP contribution < -0.4 is 5.46 Å². The van der Waals surface area contributed by atoms with Gasteiger partial charge in [0.05, 0.1) is 22.8 Å². The Hall–Kier alpha value is -12.7. The van der Waals surface area contributed by atoms with Crippen LogP contribution in [-0.2, 0) is 10.8 Å². The highest BCUT2D eigenvalue weighted by molar-refractivity contribution is 9.10. The Morgan fingerprint density at radius 3 is 1.06 bits per heavy atom. The van der Waals surface area contributed by atoms with Crippen LogP contribution in [-0.4, -0.2) is 37.1 Å². The maximum atomic E-state index is 9.24. The second-order valence-electron chi connectivity index (χ2n) is 28.7. The first-order valence-electron chi connectivity index (χ1n) is 36.4. The highest BCUT2D eigenvalue weighted by Gasteiger charge is 2.37. The highest BCUT2D eigenvalue weighted by atomic mass is 79.9. The second-order valence-corrected chi connectivity index (χ2v) is 29.6. The lowest BCUT2D eigenvalue weighted by molar-refractivity contribution is 0.425. The molecule has 0 unspecified atom stereocenters. The number of hydrogen-bond acceptors (Lipinski definition) is 8. The van der Waals surface area contributed by atoms with E-state index in [9.17, 15) is 10.0 Å². The third kappa shape index (κ3) is 12.4. The number of furan rings is 2. The second kappa shape index (κ2) is 27.7. The van der Waals surface area contributed by atoms with Crippen molar-refractivity contribution in [3.63, 3.8) is 0 Å². The van der Waals surface area contributed by atoms with E-state index in [2.05, 4.69) is 280 Å². The van der Waals surface area contributed by atoms with E-state index in [-0.39, 0.29) is 10.8 Å². The first-order chi connectivity index (χ1) is 52.7. The smallest absolute Gasteiger partial charge is 0.456 e. The van der Waals surface area contributed by atoms with Gasteiger partial charge in [0.1, 0.15) is 22.3 Å². The lowest BCUT2D eigenvalue weighted by atomic mass is 9.79. The number of nitrogens with zero attached hydrogens (tertiary/aromatic N) is 4. The molecule has 2 aliphatic carbocycles. The van der Waals surface area contributed by atoms with Crippen LogP contribution in [0.15, 0.2) is 353 Å². The SMILES string of the molecule is CC1(C)c2ccccc2-c2ccc(-c3ccc(-c4cc(-c5ccc(-c6cccc7c6oc6ccccc67)cc5)nc(-c5ccccc5)n4)cc3)cc21.CC1(C)c2ccccc2-c2ccc(-c3ccc(-c4cc(-c5ccc(Br)cc5)nc(-c5ccccc5)n4)cc3)cc21.OB(O)c1cccc2c1oc1ccccc12. The molecule has 4 heterocycles. The van der Waals surface area contributed by atoms with E-state index >= 15 is 0 Å². The third-order valence-corrected chi connectivity index (χ3v) is 22.0. The zero-order chi connectivity index (χ0) is 73.2. The van der Waals surface area contributed by atoms with Crippen molar-refractivity contribution in [2.24, 2.45) is 0 Å². The van der Waals surface area contributed by atoms with Gasteiger partial charge in [-0.25, -0.2) is 19.9 Å². The zero-order valence-corrected chi connectivity index (χ0v) is 61.4. The molecule has 0 saturated heterocycles. The van der Waals surface area contributed by atoms with Crippen LogP contribution in [0.25, 0.3) is 167 Å². The standard InChI is InChI=1S/C49H34N2O.C37H27BrN2.C12H9BO3/c1-49(2)42-17-8-6-13-38(42)39-28-27-36(29-43(39)49)31-19-23-33(24-20-31)44-30-45(51-48(50-44)35-11-4-3-5-12-35)34-25-21-32(22-26-34)37-15-10-16-41-40-14-7-9-18-46(40)52-47(37)41;1-37(2)32-11-7-6-10-30(32)31-21-18-28(22-33(31)37)24-12-14-25(15-13-24)34-23-35(26-16-19-29(38)20-17-26)40-36(39-34)27-8-4-3-5-9-27;14-13(15)10-6-3-5-9-8-4-1-2-7-11(8)16-12(9)10/h3-30H,1-2H3;3-23H,1-2H3;1-7,14-15H. The average Bonchev–Trinajstić information content (AvgIpc) is 1.58. The number of hydrogen-bond donors (Lipinski definition) is 2. The molecule has 18 aromatic rings. The fourth-order valence-electron chi connectivity index (χ4n) is 15.7. The average molecular weight is 1460 g/mol. The summed E-state index contributed by atoms with van der Waals surface area (Å²) in [4.78, 5) is 20.1. The molecule has 0 spiro atoms. The fraction of sp³-hybridized carbons (Fsp3) is 0.0612. The minimum Gasteiger partial charge on any atom is -0.456 e. The van der Waals surface area contributed by atoms with Crippen LogP contribution in [0.2, 0.25) is 0 Å². The Balaban J connectivity index is 0.000000129. The Morgan fingerprint density at radius 2 is 0.602 bits per heavy atom. The predicted octanol–water partition coefficient (Wildman–Crippen LogP) is 24.5. The summed E-state index contributed by atoms with van der Waals surface area (Å²) in [6.45, 7) is 9.31. The van der Waals surface area contributed by atoms with E-state index in [1.54, 1.807) is 12.1 Å². The van der Waals surface area contributed by atoms with Crippen LogP contribution in [0.5, 0.6) is 0 Å². The Morgan fingerprint density at radius 1 is 0.269 bits per heavy atom. The molecule has 10 heteroatoms. The van der Waals surface area contributed by atoms with Gasteiger partial charge in [0.2, 0.25) is 0 Å². The third-order valence-electron chi connectivity index (χ3n) is 21.5. The molecule has 0 amide bonds. The van der Waals surface area contributed by atoms with E-state index in [1.807, 2.05) is 91.0 Å². The van der Waals surface area contributed by atoms with Gasteiger partial charge in [-0.05, 0) is 121 Å². The van der Waals surface area contributed by atoms with Gasteiger partial charge in [-0.1, -0.05) is 335 Å². The zero-order valence-electron chi connectivity index (χ0n) is 59.8. The van der Waals surface area contributed by atoms with Crippen LogP contribution >= 0.6 is 15.9 Å². The number of fused-ring (bicyclic) bond motifs is 12. The molecule has 0 fully saturated rings. The molecule has 2 aliphatic rings. The molecule has 108 heavy (non-hydrogen) atoms. The van der Waals surface area contributed by atoms with Crippen molar-refractivity contribution in [3.05, 3.63) is 366 Å². The number of aromatic nitrogens is 4. The van der Waals surface area contributed by atoms with Crippen molar-refractivity contribution in [2.75, 3.05) is 0 Å². The van der Waals surface area contributed by atoms with Crippen LogP contribution in [0.1, 0.15) is 49.9 Å². The minimum absolute atomic E-state index is 0.0138. The van der Waals surface area contributed by atoms with E-state index < -0.39 is 7.12 Å². The molecule has 0 atom stereocenters. The number of para-hydroxylation sites is 4. The summed E-state index contributed by atoms with van der Waals surface area (Å²) >= 11 is 3.54. The van der Waals surface area contributed by atoms with E-state index in [0.29, 0.717) is 16.9 Å². The van der Waals surface area contributed by atoms with Gasteiger partial charge in [0, 0.05) is 81.3 Å². The molecule has 14 aromatic carbocycles. The largest absolute Gasteiger partial charge is 0.492 e. The minimum atomic E-state index is -1.51. The van der Waals surface area contributed by atoms with Crippen molar-refractivity contribution >= 4 is 72.4 Å². The van der Waals surface area contributed by atoms with Crippen LogP contribution in [0, 0.1) is 0 Å². The maximum absolute atomic E-state index is 9.24. The van der Waals surface area contributed by atoms with Gasteiger partial charge in [-0.3, -0.25) is 0 Å². The molecule has 0 radical (unpaired) electrons. The summed E-state index contributed by atoms with van der Waals surface area (Å²) in [7, 11) is -1.51. The van der Waals surface area contributed by atoms with Crippen LogP contribution in [0.3, 0.4) is 0 Å². The van der Waals surface area contributed by atoms with Gasteiger partial charge in [0.25, 0.3) is 0 Å². The van der Waals surface area contributed by atoms with Crippen molar-refractivity contribution in [2.45, 2.75) is 38.5 Å². The van der Waals surface area contributed by atoms with Crippen molar-refractivity contribution in [1.29, 1.82) is 0 Å². The first kappa shape index (κ1) is 67.2. The molecule has 8 nitrogen and oxygen atoms in total. The molecule has 2 N–H and O–H groups in total. The van der Waals surface area contributed by atoms with E-state index in [0.717, 1.165) is 116 Å². The number of benzene rings is 14. The van der Waals surface area contributed by atoms with Crippen LogP contribution in [0.4, 0.5) is 0 Å². The summed E-state index contributed by atoms with van der Waals surface area (Å²) in [5, 5.41) is 22.6. The van der Waals surface area contributed by atoms with E-state index in [4.69, 9.17) is 28.8 Å². The van der Waals surface area contributed by atoms with Gasteiger partial charge >= 0.3 is 7.12 Å². The molecular formula is C98H70BBrN4O4. The summed E-state index contributed by atoms with van der Waals surface area (Å²) in [6.07, 6.45) is 0. The molecule has 20 rings (SSSR count). The van der Waals surface area contributed by atoms with Crippen molar-refractivity contribution in [3.8, 4) is 123 Å². The first-order valence-corrected chi connectivity index (χ1v) is 37.2. The summed E-state index contributed by atoms with van der Waals surface area (Å²) in [6, 6.07) is 118. The lowest BCUT2D eigenvalue weighted by Crippen LogP contribution is -2.29. The predicted molar refractivity (Wildman–Crippen MR) is 447 cm³/mol. The Labute approximate surface area is 635 Å². The number of rotatable bonds is 10. The molecule has 4 aromatic heterocycles. The molecule has 0 saturated carbocycles. The maximum Gasteiger partial charge on any atom is 0.492 e. The number of halogens is 1. The summed E-state index contributed by atoms with van der Waals surface area (Å²) in [5.41, 5.74) is 31.1. The topological polar surface area (TPSA) is 118 Å². The van der Waals surface area contributed by atoms with E-state index in [1.165, 1.54) is 66.8 Å².